The molecular formula is C21H22F3N5O4. The van der Waals surface area contributed by atoms with Crippen LogP contribution in [0, 0.1) is 0 Å². The second kappa shape index (κ2) is 9.86. The molecule has 0 saturated carbocycles. The van der Waals surface area contributed by atoms with Gasteiger partial charge in [0.1, 0.15) is 6.26 Å². The number of aliphatic carboxylic acids is 1. The molecule has 1 amide bonds. The Hall–Kier alpha value is -3.67. The summed E-state index contributed by atoms with van der Waals surface area (Å²) in [6, 6.07) is 10.0. The van der Waals surface area contributed by atoms with Crippen LogP contribution in [-0.2, 0) is 4.79 Å². The number of nitrogens with one attached hydrogen (secondary N) is 2. The second-order valence-electron chi connectivity index (χ2n) is 7.54. The molecule has 0 bridgehead atoms. The third-order valence-electron chi connectivity index (χ3n) is 4.78. The van der Waals surface area contributed by atoms with Crippen molar-refractivity contribution in [2.24, 2.45) is 0 Å². The second-order valence-corrected chi connectivity index (χ2v) is 7.54. The van der Waals surface area contributed by atoms with Crippen molar-refractivity contribution in [1.82, 2.24) is 20.1 Å². The van der Waals surface area contributed by atoms with E-state index in [1.807, 2.05) is 44.2 Å². The molecule has 12 heteroatoms. The van der Waals surface area contributed by atoms with E-state index in [4.69, 9.17) is 14.3 Å². The Labute approximate surface area is 186 Å². The van der Waals surface area contributed by atoms with Crippen molar-refractivity contribution in [1.29, 1.82) is 0 Å². The van der Waals surface area contributed by atoms with Crippen LogP contribution in [0.5, 0.6) is 0 Å². The molecule has 1 saturated heterocycles. The maximum absolute atomic E-state index is 12.8. The number of benzene rings is 1. The number of hydrogen-bond donors (Lipinski definition) is 3. The maximum Gasteiger partial charge on any atom is 0.490 e. The molecule has 1 fully saturated rings. The van der Waals surface area contributed by atoms with Gasteiger partial charge in [0.05, 0.1) is 28.8 Å². The lowest BCUT2D eigenvalue weighted by molar-refractivity contribution is -0.192. The van der Waals surface area contributed by atoms with Crippen molar-refractivity contribution in [2.45, 2.75) is 31.9 Å². The topological polar surface area (TPSA) is 122 Å². The summed E-state index contributed by atoms with van der Waals surface area (Å²) >= 11 is 0. The van der Waals surface area contributed by atoms with E-state index in [1.165, 1.54) is 0 Å². The summed E-state index contributed by atoms with van der Waals surface area (Å²) in [5.74, 6) is -2.54. The minimum absolute atomic E-state index is 0.125. The molecular weight excluding hydrogens is 443 g/mol. The number of alkyl halides is 3. The van der Waals surface area contributed by atoms with Crippen molar-refractivity contribution in [3.63, 3.8) is 0 Å². The molecule has 0 atom stereocenters. The number of anilines is 1. The van der Waals surface area contributed by atoms with Gasteiger partial charge < -0.3 is 14.8 Å². The predicted octanol–water partition coefficient (Wildman–Crippen LogP) is 3.56. The van der Waals surface area contributed by atoms with E-state index in [2.05, 4.69) is 20.7 Å². The Bertz CT molecular complexity index is 1100. The molecule has 1 aliphatic rings. The smallest absolute Gasteiger partial charge is 0.475 e. The van der Waals surface area contributed by atoms with E-state index < -0.39 is 12.1 Å². The van der Waals surface area contributed by atoms with Crippen LogP contribution in [0.25, 0.3) is 5.69 Å². The van der Waals surface area contributed by atoms with Gasteiger partial charge in [0.15, 0.2) is 0 Å². The first-order valence-electron chi connectivity index (χ1n) is 9.98. The highest BCUT2D eigenvalue weighted by Gasteiger charge is 2.38. The number of carboxylic acids is 1. The summed E-state index contributed by atoms with van der Waals surface area (Å²) in [5.41, 5.74) is 3.16. The van der Waals surface area contributed by atoms with Crippen LogP contribution < -0.4 is 10.6 Å². The largest absolute Gasteiger partial charge is 0.490 e. The van der Waals surface area contributed by atoms with E-state index in [-0.39, 0.29) is 17.8 Å². The molecule has 0 unspecified atom stereocenters. The zero-order chi connectivity index (χ0) is 24.2. The Morgan fingerprint density at radius 3 is 2.39 bits per heavy atom. The van der Waals surface area contributed by atoms with Gasteiger partial charge in [0, 0.05) is 19.0 Å². The fourth-order valence-electron chi connectivity index (χ4n) is 3.06. The number of para-hydroxylation sites is 1. The number of amides is 1. The Morgan fingerprint density at radius 1 is 1.24 bits per heavy atom. The molecule has 4 rings (SSSR count). The normalized spacial score (nSPS) is 13.8. The molecule has 1 aromatic carbocycles. The first kappa shape index (κ1) is 24.0. The summed E-state index contributed by atoms with van der Waals surface area (Å²) < 4.78 is 38.9. The molecule has 3 N–H and O–H groups in total. The quantitative estimate of drug-likeness (QED) is 0.527. The van der Waals surface area contributed by atoms with E-state index >= 15 is 0 Å². The lowest BCUT2D eigenvalue weighted by atomic mass is 10.0. The van der Waals surface area contributed by atoms with Gasteiger partial charge >= 0.3 is 18.2 Å². The number of aromatic nitrogens is 3. The molecule has 2 aromatic heterocycles. The highest BCUT2D eigenvalue weighted by molar-refractivity contribution is 6.04. The minimum atomic E-state index is -5.08. The highest BCUT2D eigenvalue weighted by atomic mass is 19.4. The Balaban J connectivity index is 0.000000383. The molecule has 33 heavy (non-hydrogen) atoms. The molecule has 0 spiro atoms. The van der Waals surface area contributed by atoms with Gasteiger partial charge in [-0.2, -0.15) is 23.3 Å². The number of carbonyl (C=O) groups is 2. The minimum Gasteiger partial charge on any atom is -0.475 e. The SMILES string of the molecule is CC(C)c1c(C(=O)Nc2nc(C3CNC3)co2)cnn1-c1ccccc1.O=C(O)C(F)(F)F. The average molecular weight is 465 g/mol. The number of halogens is 3. The third kappa shape index (κ3) is 5.77. The Morgan fingerprint density at radius 2 is 1.88 bits per heavy atom. The van der Waals surface area contributed by atoms with Crippen LogP contribution in [-0.4, -0.2) is 51.0 Å². The lowest BCUT2D eigenvalue weighted by Crippen LogP contribution is -2.40. The van der Waals surface area contributed by atoms with Crippen LogP contribution in [0.15, 0.2) is 47.2 Å². The van der Waals surface area contributed by atoms with Crippen molar-refractivity contribution in [3.05, 3.63) is 59.7 Å². The monoisotopic (exact) mass is 465 g/mol. The van der Waals surface area contributed by atoms with Crippen molar-refractivity contribution in [3.8, 4) is 5.69 Å². The summed E-state index contributed by atoms with van der Waals surface area (Å²) in [7, 11) is 0. The zero-order valence-electron chi connectivity index (χ0n) is 17.8. The maximum atomic E-state index is 12.8. The number of oxazole rings is 1. The van der Waals surface area contributed by atoms with Gasteiger partial charge in [-0.1, -0.05) is 32.0 Å². The van der Waals surface area contributed by atoms with Crippen LogP contribution in [0.1, 0.15) is 47.4 Å². The van der Waals surface area contributed by atoms with Crippen LogP contribution in [0.4, 0.5) is 19.2 Å². The van der Waals surface area contributed by atoms with Crippen molar-refractivity contribution >= 4 is 17.9 Å². The molecule has 3 aromatic rings. The number of hydrogen-bond acceptors (Lipinski definition) is 6. The summed E-state index contributed by atoms with van der Waals surface area (Å²) in [5, 5.41) is 17.5. The van der Waals surface area contributed by atoms with Gasteiger partial charge in [0.2, 0.25) is 0 Å². The first-order valence-corrected chi connectivity index (χ1v) is 9.98. The van der Waals surface area contributed by atoms with E-state index in [1.54, 1.807) is 17.1 Å². The fraction of sp³-hybridized carbons (Fsp3) is 0.333. The van der Waals surface area contributed by atoms with E-state index in [0.29, 0.717) is 11.5 Å². The van der Waals surface area contributed by atoms with Crippen LogP contribution in [0.2, 0.25) is 0 Å². The summed E-state index contributed by atoms with van der Waals surface area (Å²) in [4.78, 5) is 26.0. The molecule has 0 aliphatic carbocycles. The fourth-order valence-corrected chi connectivity index (χ4v) is 3.06. The standard InChI is InChI=1S/C19H21N5O2.C2HF3O2/c1-12(2)17-15(10-21-24(17)14-6-4-3-5-7-14)18(25)23-19-22-16(11-26-19)13-8-20-9-13;3-2(4,5)1(6)7/h3-7,10-13,20H,8-9H2,1-2H3,(H,22,23,25);(H,6,7). The highest BCUT2D eigenvalue weighted by Crippen LogP contribution is 2.25. The number of carboxylic acid groups (broad SMARTS) is 1. The van der Waals surface area contributed by atoms with Crippen LogP contribution in [0.3, 0.4) is 0 Å². The van der Waals surface area contributed by atoms with Gasteiger partial charge in [0.25, 0.3) is 5.91 Å². The molecule has 0 radical (unpaired) electrons. The van der Waals surface area contributed by atoms with Crippen molar-refractivity contribution in [2.75, 3.05) is 18.4 Å². The van der Waals surface area contributed by atoms with Crippen LogP contribution >= 0.6 is 0 Å². The molecule has 176 valence electrons. The first-order chi connectivity index (χ1) is 15.6. The number of rotatable bonds is 5. The molecule has 9 nitrogen and oxygen atoms in total. The molecule has 3 heterocycles. The van der Waals surface area contributed by atoms with Gasteiger partial charge in [-0.15, -0.1) is 0 Å². The summed E-state index contributed by atoms with van der Waals surface area (Å²) in [6.45, 7) is 5.86. The average Bonchev–Trinajstić information content (AvgIpc) is 3.34. The zero-order valence-corrected chi connectivity index (χ0v) is 17.8. The van der Waals surface area contributed by atoms with Gasteiger partial charge in [-0.05, 0) is 18.1 Å². The Kier molecular flexibility index (Phi) is 7.16. The number of nitrogens with zero attached hydrogens (tertiary/aromatic N) is 3. The molecule has 1 aliphatic heterocycles. The van der Waals surface area contributed by atoms with E-state index in [9.17, 15) is 18.0 Å². The predicted molar refractivity (Wildman–Crippen MR) is 111 cm³/mol. The number of carbonyl (C=O) groups excluding carboxylic acids is 1. The van der Waals surface area contributed by atoms with Gasteiger partial charge in [-0.25, -0.2) is 9.48 Å². The van der Waals surface area contributed by atoms with Gasteiger partial charge in [-0.3, -0.25) is 10.1 Å². The lowest BCUT2D eigenvalue weighted by Gasteiger charge is -2.24. The van der Waals surface area contributed by atoms with E-state index in [0.717, 1.165) is 30.2 Å². The third-order valence-corrected chi connectivity index (χ3v) is 4.78. The summed E-state index contributed by atoms with van der Waals surface area (Å²) in [6.07, 6.45) is -1.88. The van der Waals surface area contributed by atoms with Crippen molar-refractivity contribution < 1.29 is 32.3 Å².